The lowest BCUT2D eigenvalue weighted by atomic mass is 9.98. The minimum absolute atomic E-state index is 0.0234. The van der Waals surface area contributed by atoms with Crippen LogP contribution in [0.4, 0.5) is 10.5 Å². The van der Waals surface area contributed by atoms with Crippen LogP contribution in [0.25, 0.3) is 11.1 Å². The van der Waals surface area contributed by atoms with Gasteiger partial charge >= 0.3 is 12.1 Å². The molecule has 0 heterocycles. The molecule has 35 heavy (non-hydrogen) atoms. The molecule has 1 atom stereocenters. The van der Waals surface area contributed by atoms with Gasteiger partial charge < -0.3 is 20.5 Å². The normalized spacial score (nSPS) is 12.9. The number of rotatable bonds is 8. The first-order valence-corrected chi connectivity index (χ1v) is 12.1. The van der Waals surface area contributed by atoms with Crippen molar-refractivity contribution in [3.05, 3.63) is 87.9 Å². The molecule has 1 aliphatic carbocycles. The Morgan fingerprint density at radius 1 is 1.00 bits per heavy atom. The molecular weight excluding hydrogens is 512 g/mol. The first kappa shape index (κ1) is 24.5. The van der Waals surface area contributed by atoms with Crippen LogP contribution in [-0.4, -0.2) is 35.7 Å². The number of carbonyl (C=O) groups is 3. The highest BCUT2D eigenvalue weighted by Gasteiger charge is 2.29. The molecule has 0 saturated heterocycles. The van der Waals surface area contributed by atoms with Crippen molar-refractivity contribution in [2.45, 2.75) is 31.7 Å². The minimum atomic E-state index is -1.09. The average molecular weight is 537 g/mol. The molecule has 0 aromatic heterocycles. The number of halogens is 1. The maximum Gasteiger partial charge on any atom is 0.407 e. The van der Waals surface area contributed by atoms with E-state index in [1.807, 2.05) is 31.2 Å². The predicted molar refractivity (Wildman–Crippen MR) is 137 cm³/mol. The Labute approximate surface area is 211 Å². The SMILES string of the molecule is CCC(CC(=O)Nc1cc(Br)cc(C(=O)O)c1)NC(=O)OCC1c2ccccc2-c2ccccc21. The molecule has 1 aliphatic rings. The standard InChI is InChI=1S/C27H25BrN2O5/c1-2-18(14-25(31)29-19-12-16(26(32)33)11-17(28)13-19)30-27(34)35-15-24-22-9-5-3-7-20(22)21-8-4-6-10-23(21)24/h3-13,18,24H,2,14-15H2,1H3,(H,29,31)(H,30,34)(H,32,33). The molecular formula is C27H25BrN2O5. The van der Waals surface area contributed by atoms with E-state index >= 15 is 0 Å². The molecule has 1 unspecified atom stereocenters. The number of anilines is 1. The Balaban J connectivity index is 1.34. The van der Waals surface area contributed by atoms with Crippen LogP contribution in [0, 0.1) is 0 Å². The fourth-order valence-electron chi connectivity index (χ4n) is 4.33. The van der Waals surface area contributed by atoms with Gasteiger partial charge in [-0.3, -0.25) is 4.79 Å². The van der Waals surface area contributed by atoms with Crippen LogP contribution in [0.5, 0.6) is 0 Å². The zero-order valence-electron chi connectivity index (χ0n) is 19.1. The van der Waals surface area contributed by atoms with Gasteiger partial charge in [-0.25, -0.2) is 9.59 Å². The number of carboxylic acid groups (broad SMARTS) is 1. The molecule has 3 aromatic carbocycles. The Kier molecular flexibility index (Phi) is 7.51. The van der Waals surface area contributed by atoms with Gasteiger partial charge in [0.1, 0.15) is 6.61 Å². The lowest BCUT2D eigenvalue weighted by Gasteiger charge is -2.19. The van der Waals surface area contributed by atoms with Gasteiger partial charge in [0.15, 0.2) is 0 Å². The van der Waals surface area contributed by atoms with Gasteiger partial charge in [-0.1, -0.05) is 71.4 Å². The molecule has 0 spiro atoms. The average Bonchev–Trinajstić information content (AvgIpc) is 3.15. The second-order valence-corrected chi connectivity index (χ2v) is 9.28. The highest BCUT2D eigenvalue weighted by atomic mass is 79.9. The van der Waals surface area contributed by atoms with Gasteiger partial charge in [0.2, 0.25) is 5.91 Å². The van der Waals surface area contributed by atoms with E-state index in [4.69, 9.17) is 4.74 Å². The molecule has 3 aromatic rings. The number of hydrogen-bond acceptors (Lipinski definition) is 4. The Morgan fingerprint density at radius 2 is 1.63 bits per heavy atom. The summed E-state index contributed by atoms with van der Waals surface area (Å²) in [6.07, 6.45) is -0.0337. The first-order valence-electron chi connectivity index (χ1n) is 11.3. The summed E-state index contributed by atoms with van der Waals surface area (Å²) in [7, 11) is 0. The Hall–Kier alpha value is -3.65. The third kappa shape index (κ3) is 5.71. The number of amides is 2. The molecule has 7 nitrogen and oxygen atoms in total. The quantitative estimate of drug-likeness (QED) is 0.337. The van der Waals surface area contributed by atoms with Crippen molar-refractivity contribution < 1.29 is 24.2 Å². The van der Waals surface area contributed by atoms with E-state index < -0.39 is 18.1 Å². The number of benzene rings is 3. The van der Waals surface area contributed by atoms with E-state index in [1.54, 1.807) is 6.07 Å². The van der Waals surface area contributed by atoms with E-state index in [9.17, 15) is 19.5 Å². The van der Waals surface area contributed by atoms with Gasteiger partial charge in [0.05, 0.1) is 5.56 Å². The lowest BCUT2D eigenvalue weighted by Crippen LogP contribution is -2.38. The maximum atomic E-state index is 12.6. The first-order chi connectivity index (χ1) is 16.9. The molecule has 0 radical (unpaired) electrons. The van der Waals surface area contributed by atoms with Crippen LogP contribution in [-0.2, 0) is 9.53 Å². The molecule has 8 heteroatoms. The zero-order chi connectivity index (χ0) is 24.9. The number of aromatic carboxylic acids is 1. The third-order valence-corrected chi connectivity index (χ3v) is 6.48. The minimum Gasteiger partial charge on any atom is -0.478 e. The van der Waals surface area contributed by atoms with Gasteiger partial charge in [-0.15, -0.1) is 0 Å². The number of hydrogen-bond donors (Lipinski definition) is 3. The second kappa shape index (κ2) is 10.7. The van der Waals surface area contributed by atoms with Gasteiger partial charge in [-0.05, 0) is 46.9 Å². The van der Waals surface area contributed by atoms with E-state index in [-0.39, 0.29) is 30.4 Å². The molecule has 4 rings (SSSR count). The number of nitrogens with one attached hydrogen (secondary N) is 2. The zero-order valence-corrected chi connectivity index (χ0v) is 20.7. The van der Waals surface area contributed by atoms with Crippen LogP contribution < -0.4 is 10.6 Å². The predicted octanol–water partition coefficient (Wildman–Crippen LogP) is 5.79. The van der Waals surface area contributed by atoms with Crippen LogP contribution in [0.1, 0.15) is 47.2 Å². The summed E-state index contributed by atoms with van der Waals surface area (Å²) in [5.41, 5.74) is 4.97. The van der Waals surface area contributed by atoms with Crippen molar-refractivity contribution in [1.29, 1.82) is 0 Å². The van der Waals surface area contributed by atoms with Crippen LogP contribution >= 0.6 is 15.9 Å². The highest BCUT2D eigenvalue weighted by molar-refractivity contribution is 9.10. The van der Waals surface area contributed by atoms with E-state index in [0.717, 1.165) is 22.3 Å². The molecule has 2 amide bonds. The van der Waals surface area contributed by atoms with E-state index in [0.29, 0.717) is 16.6 Å². The van der Waals surface area contributed by atoms with Crippen molar-refractivity contribution in [2.75, 3.05) is 11.9 Å². The Bertz CT molecular complexity index is 1230. The fourth-order valence-corrected chi connectivity index (χ4v) is 4.82. The smallest absolute Gasteiger partial charge is 0.407 e. The number of fused-ring (bicyclic) bond motifs is 3. The van der Waals surface area contributed by atoms with Crippen molar-refractivity contribution in [3.63, 3.8) is 0 Å². The van der Waals surface area contributed by atoms with Crippen molar-refractivity contribution >= 4 is 39.6 Å². The third-order valence-electron chi connectivity index (χ3n) is 6.02. The van der Waals surface area contributed by atoms with E-state index in [1.165, 1.54) is 12.1 Å². The summed E-state index contributed by atoms with van der Waals surface area (Å²) in [5, 5.41) is 14.7. The van der Waals surface area contributed by atoms with Gasteiger partial charge in [0, 0.05) is 28.5 Å². The number of carboxylic acids is 1. The largest absolute Gasteiger partial charge is 0.478 e. The molecule has 180 valence electrons. The molecule has 3 N–H and O–H groups in total. The highest BCUT2D eigenvalue weighted by Crippen LogP contribution is 2.44. The number of carbonyl (C=O) groups excluding carboxylic acids is 2. The molecule has 0 bridgehead atoms. The second-order valence-electron chi connectivity index (χ2n) is 8.36. The van der Waals surface area contributed by atoms with Crippen LogP contribution in [0.2, 0.25) is 0 Å². The summed E-state index contributed by atoms with van der Waals surface area (Å²) in [6, 6.07) is 20.2. The van der Waals surface area contributed by atoms with Crippen LogP contribution in [0.3, 0.4) is 0 Å². The summed E-state index contributed by atoms with van der Waals surface area (Å²) in [5.74, 6) is -1.48. The number of alkyl carbamates (subject to hydrolysis) is 1. The monoisotopic (exact) mass is 536 g/mol. The summed E-state index contributed by atoms with van der Waals surface area (Å²) in [4.78, 5) is 36.3. The van der Waals surface area contributed by atoms with Crippen LogP contribution in [0.15, 0.2) is 71.2 Å². The summed E-state index contributed by atoms with van der Waals surface area (Å²) < 4.78 is 6.11. The van der Waals surface area contributed by atoms with Crippen molar-refractivity contribution in [2.24, 2.45) is 0 Å². The topological polar surface area (TPSA) is 105 Å². The van der Waals surface area contributed by atoms with Gasteiger partial charge in [-0.2, -0.15) is 0 Å². The number of ether oxygens (including phenoxy) is 1. The Morgan fingerprint density at radius 3 is 2.23 bits per heavy atom. The lowest BCUT2D eigenvalue weighted by molar-refractivity contribution is -0.116. The fraction of sp³-hybridized carbons (Fsp3) is 0.222. The summed E-state index contributed by atoms with van der Waals surface area (Å²) >= 11 is 3.25. The molecule has 0 fully saturated rings. The summed E-state index contributed by atoms with van der Waals surface area (Å²) in [6.45, 7) is 2.06. The van der Waals surface area contributed by atoms with Crippen molar-refractivity contribution in [3.8, 4) is 11.1 Å². The van der Waals surface area contributed by atoms with Gasteiger partial charge in [0.25, 0.3) is 0 Å². The molecule has 0 saturated carbocycles. The maximum absolute atomic E-state index is 12.6. The van der Waals surface area contributed by atoms with E-state index in [2.05, 4.69) is 50.8 Å². The van der Waals surface area contributed by atoms with Crippen molar-refractivity contribution in [1.82, 2.24) is 5.32 Å². The molecule has 0 aliphatic heterocycles.